The zero-order valence-corrected chi connectivity index (χ0v) is 31.5. The van der Waals surface area contributed by atoms with Crippen molar-refractivity contribution in [3.63, 3.8) is 0 Å². The normalized spacial score (nSPS) is 19.5. The smallest absolute Gasteiger partial charge is 0.289 e. The second kappa shape index (κ2) is 18.4. The molecule has 5 N–H and O–H groups in total. The molecule has 0 radical (unpaired) electrons. The largest absolute Gasteiger partial charge is 0.493 e. The molecular weight excluding hydrogens is 735 g/mol. The number of benzene rings is 2. The van der Waals surface area contributed by atoms with Gasteiger partial charge in [-0.1, -0.05) is 24.3 Å². The molecule has 16 nitrogen and oxygen atoms in total. The number of halogens is 2. The van der Waals surface area contributed by atoms with Gasteiger partial charge in [-0.3, -0.25) is 33.6 Å². The number of hydrogen-bond donors (Lipinski definition) is 5. The highest BCUT2D eigenvalue weighted by Crippen LogP contribution is 2.33. The molecule has 2 saturated heterocycles. The van der Waals surface area contributed by atoms with Gasteiger partial charge in [-0.25, -0.2) is 8.78 Å². The number of nitrogens with zero attached hydrogens (tertiary/aromatic N) is 2. The maximum Gasteiger partial charge on any atom is 0.289 e. The molecule has 3 aliphatic heterocycles. The Kier molecular flexibility index (Phi) is 13.6. The van der Waals surface area contributed by atoms with Crippen LogP contribution in [-0.4, -0.2) is 117 Å². The quantitative estimate of drug-likeness (QED) is 0.0742. The molecule has 6 amide bonds. The van der Waals surface area contributed by atoms with Gasteiger partial charge in [-0.15, -0.1) is 0 Å². The number of hydrogen-bond acceptors (Lipinski definition) is 10. The van der Waals surface area contributed by atoms with E-state index in [0.717, 1.165) is 16.7 Å². The average Bonchev–Trinajstić information content (AvgIpc) is 3.89. The van der Waals surface area contributed by atoms with E-state index >= 15 is 0 Å². The summed E-state index contributed by atoms with van der Waals surface area (Å²) in [5.74, 6) is -8.53. The number of methoxy groups -OCH3 is 2. The summed E-state index contributed by atoms with van der Waals surface area (Å²) in [5.41, 5.74) is 3.43. The standard InChI is InChI=1S/C37H46BF2N7O9/c1-55-28-8-6-21(12-29(28)56-2)16-42-36(54)33(51)27-15-37(39,40)20-47(27)32(50)17-43-35(53)26-13-24(34(52)45-26)14-31(49)46-18-23-5-3-4-22(25(23)19-46)7-9-30(48)41-10-11-44-38/h3-6,8,12,24,26-27,44H,7,9-11,13-20,38H2,1-2H3,(H,41,48)(H,42,54)(H,43,53)(H,45,52)/t24-,26-,27?/m0/s1. The van der Waals surface area contributed by atoms with Gasteiger partial charge in [-0.05, 0) is 47.2 Å². The highest BCUT2D eigenvalue weighted by molar-refractivity contribution is 6.38. The summed E-state index contributed by atoms with van der Waals surface area (Å²) >= 11 is 0. The van der Waals surface area contributed by atoms with Crippen LogP contribution >= 0.6 is 0 Å². The fraction of sp³-hybridized carbons (Fsp3) is 0.486. The minimum Gasteiger partial charge on any atom is -0.493 e. The van der Waals surface area contributed by atoms with Crippen LogP contribution in [0, 0.1) is 5.92 Å². The summed E-state index contributed by atoms with van der Waals surface area (Å²) in [4.78, 5) is 92.4. The van der Waals surface area contributed by atoms with E-state index in [1.54, 1.807) is 31.1 Å². The fourth-order valence-electron chi connectivity index (χ4n) is 7.11. The molecule has 0 saturated carbocycles. The van der Waals surface area contributed by atoms with Crippen molar-refractivity contribution < 1.29 is 51.8 Å². The molecule has 3 atom stereocenters. The molecule has 2 aromatic rings. The van der Waals surface area contributed by atoms with Crippen LogP contribution in [-0.2, 0) is 59.6 Å². The zero-order valence-electron chi connectivity index (χ0n) is 31.5. The molecule has 5 rings (SSSR count). The molecule has 2 fully saturated rings. The first kappa shape index (κ1) is 41.6. The van der Waals surface area contributed by atoms with Crippen molar-refractivity contribution in [3.05, 3.63) is 58.7 Å². The first-order valence-electron chi connectivity index (χ1n) is 18.3. The number of ketones is 1. The first-order valence-corrected chi connectivity index (χ1v) is 18.3. The molecule has 0 spiro atoms. The number of likely N-dealkylation sites (tertiary alicyclic amines) is 1. The Bertz CT molecular complexity index is 1870. The third-order valence-corrected chi connectivity index (χ3v) is 10.1. The predicted octanol–water partition coefficient (Wildman–Crippen LogP) is -1.13. The van der Waals surface area contributed by atoms with E-state index in [4.69, 9.17) is 9.47 Å². The fourth-order valence-corrected chi connectivity index (χ4v) is 7.11. The molecule has 0 aliphatic carbocycles. The highest BCUT2D eigenvalue weighted by Gasteiger charge is 2.51. The van der Waals surface area contributed by atoms with E-state index in [1.807, 2.05) is 18.2 Å². The maximum atomic E-state index is 14.5. The Morgan fingerprint density at radius 3 is 2.46 bits per heavy atom. The van der Waals surface area contributed by atoms with Crippen molar-refractivity contribution >= 4 is 49.2 Å². The van der Waals surface area contributed by atoms with Crippen LogP contribution in [0.25, 0.3) is 0 Å². The topological polar surface area (TPSA) is 205 Å². The molecule has 300 valence electrons. The lowest BCUT2D eigenvalue weighted by Gasteiger charge is -2.23. The van der Waals surface area contributed by atoms with Gasteiger partial charge < -0.3 is 45.8 Å². The number of carbonyl (C=O) groups excluding carboxylic acids is 7. The molecule has 2 aromatic carbocycles. The van der Waals surface area contributed by atoms with Gasteiger partial charge in [0.25, 0.3) is 11.8 Å². The monoisotopic (exact) mass is 781 g/mol. The van der Waals surface area contributed by atoms with E-state index in [9.17, 15) is 42.3 Å². The Balaban J connectivity index is 1.09. The van der Waals surface area contributed by atoms with Gasteiger partial charge in [0.1, 0.15) is 12.1 Å². The Morgan fingerprint density at radius 2 is 1.73 bits per heavy atom. The second-order valence-corrected chi connectivity index (χ2v) is 14.0. The average molecular weight is 782 g/mol. The SMILES string of the molecule is BNCCNC(=O)CCc1cccc2c1CN(C(=O)C[C@@H]1C[C@@H](C(=O)NCC(=O)N3CC(F)(F)CC3C(=O)C(=O)NCc3ccc(OC)c(OC)c3)NC1=O)C2. The third kappa shape index (κ3) is 10.2. The summed E-state index contributed by atoms with van der Waals surface area (Å²) < 4.78 is 39.4. The highest BCUT2D eigenvalue weighted by atomic mass is 19.3. The predicted molar refractivity (Wildman–Crippen MR) is 198 cm³/mol. The minimum absolute atomic E-state index is 0.0393. The number of aryl methyl sites for hydroxylation is 1. The summed E-state index contributed by atoms with van der Waals surface area (Å²) in [5, 5.41) is 13.1. The van der Waals surface area contributed by atoms with Crippen molar-refractivity contribution in [2.24, 2.45) is 5.92 Å². The van der Waals surface area contributed by atoms with Gasteiger partial charge >= 0.3 is 0 Å². The first-order chi connectivity index (χ1) is 26.7. The van der Waals surface area contributed by atoms with Crippen molar-refractivity contribution in [3.8, 4) is 11.5 Å². The van der Waals surface area contributed by atoms with Gasteiger partial charge in [-0.2, -0.15) is 0 Å². The lowest BCUT2D eigenvalue weighted by Crippen LogP contribution is -2.51. The number of amides is 6. The van der Waals surface area contributed by atoms with Crippen LogP contribution in [0.4, 0.5) is 8.78 Å². The van der Waals surface area contributed by atoms with Crippen molar-refractivity contribution in [2.45, 2.75) is 69.7 Å². The number of Topliss-reactive ketones (excluding diaryl/α,β-unsaturated/α-hetero) is 1. The van der Waals surface area contributed by atoms with Crippen LogP contribution in [0.5, 0.6) is 11.5 Å². The molecule has 3 aliphatic rings. The van der Waals surface area contributed by atoms with Crippen LogP contribution < -0.4 is 36.0 Å². The number of alkyl halides is 2. The van der Waals surface area contributed by atoms with Crippen LogP contribution in [0.2, 0.25) is 0 Å². The van der Waals surface area contributed by atoms with E-state index in [1.165, 1.54) is 14.2 Å². The summed E-state index contributed by atoms with van der Waals surface area (Å²) in [7, 11) is 4.67. The van der Waals surface area contributed by atoms with Crippen LogP contribution in [0.15, 0.2) is 36.4 Å². The van der Waals surface area contributed by atoms with E-state index in [0.29, 0.717) is 61.0 Å². The van der Waals surface area contributed by atoms with Gasteiger partial charge in [0.15, 0.2) is 19.5 Å². The summed E-state index contributed by atoms with van der Waals surface area (Å²) in [6, 6.07) is 7.66. The lowest BCUT2D eigenvalue weighted by atomic mass is 9.99. The van der Waals surface area contributed by atoms with Crippen molar-refractivity contribution in [1.29, 1.82) is 0 Å². The minimum atomic E-state index is -3.45. The number of nitrogens with one attached hydrogen (secondary N) is 5. The molecule has 56 heavy (non-hydrogen) atoms. The van der Waals surface area contributed by atoms with Crippen molar-refractivity contribution in [1.82, 2.24) is 36.3 Å². The molecule has 3 heterocycles. The van der Waals surface area contributed by atoms with Gasteiger partial charge in [0, 0.05) is 57.9 Å². The molecular formula is C37H46BF2N7O9. The Hall–Kier alpha value is -5.59. The van der Waals surface area contributed by atoms with E-state index in [2.05, 4.69) is 26.5 Å². The second-order valence-electron chi connectivity index (χ2n) is 14.0. The maximum absolute atomic E-state index is 14.5. The Morgan fingerprint density at radius 1 is 0.964 bits per heavy atom. The van der Waals surface area contributed by atoms with E-state index < -0.39 is 72.8 Å². The number of fused-ring (bicyclic) bond motifs is 1. The van der Waals surface area contributed by atoms with Gasteiger partial charge in [0.2, 0.25) is 35.3 Å². The Labute approximate surface area is 323 Å². The molecule has 0 bridgehead atoms. The number of ether oxygens (including phenoxy) is 2. The zero-order chi connectivity index (χ0) is 40.6. The molecule has 0 aromatic heterocycles. The van der Waals surface area contributed by atoms with E-state index in [-0.39, 0.29) is 31.2 Å². The summed E-state index contributed by atoms with van der Waals surface area (Å²) in [6.45, 7) is -0.181. The molecule has 1 unspecified atom stereocenters. The third-order valence-electron chi connectivity index (χ3n) is 10.1. The number of rotatable bonds is 17. The van der Waals surface area contributed by atoms with Crippen molar-refractivity contribution in [2.75, 3.05) is 40.4 Å². The van der Waals surface area contributed by atoms with Gasteiger partial charge in [0.05, 0.1) is 27.3 Å². The summed E-state index contributed by atoms with van der Waals surface area (Å²) in [6.07, 6.45) is -0.458. The van der Waals surface area contributed by atoms with Crippen LogP contribution in [0.1, 0.15) is 47.9 Å². The molecule has 19 heteroatoms. The lowest BCUT2D eigenvalue weighted by molar-refractivity contribution is -0.144. The van der Waals surface area contributed by atoms with Crippen LogP contribution in [0.3, 0.4) is 0 Å². The number of carbonyl (C=O) groups is 7.